The van der Waals surface area contributed by atoms with Crippen LogP contribution in [-0.2, 0) is 0 Å². The van der Waals surface area contributed by atoms with Crippen LogP contribution in [0.5, 0.6) is 0 Å². The zero-order valence-electron chi connectivity index (χ0n) is 7.22. The molecular weight excluding hydrogens is 124 g/mol. The van der Waals surface area contributed by atoms with Crippen LogP contribution in [0.25, 0.3) is 0 Å². The van der Waals surface area contributed by atoms with Crippen LogP contribution in [-0.4, -0.2) is 11.7 Å². The number of hydrogen-bond acceptors (Lipinski definition) is 1. The normalized spacial score (nSPS) is 12.8. The van der Waals surface area contributed by atoms with E-state index in [-0.39, 0.29) is 6.61 Å². The maximum absolute atomic E-state index is 8.44. The highest BCUT2D eigenvalue weighted by atomic mass is 16.2. The summed E-state index contributed by atoms with van der Waals surface area (Å²) in [5.74, 6) is 0. The van der Waals surface area contributed by atoms with Crippen LogP contribution in [0.15, 0.2) is 12.2 Å². The standard InChI is InChI=1S/C9H18O/c1-9(2,3)7-5-4-6-8-10/h4-5,10H,6-8H2,1-3H3/b5-4-. The maximum atomic E-state index is 8.44. The van der Waals surface area contributed by atoms with Gasteiger partial charge in [0.2, 0.25) is 0 Å². The molecule has 1 nitrogen and oxygen atoms in total. The lowest BCUT2D eigenvalue weighted by atomic mass is 9.92. The van der Waals surface area contributed by atoms with Crippen molar-refractivity contribution in [2.45, 2.75) is 33.6 Å². The number of aliphatic hydroxyl groups excluding tert-OH is 1. The molecule has 0 rings (SSSR count). The van der Waals surface area contributed by atoms with Gasteiger partial charge < -0.3 is 5.11 Å². The molecule has 0 spiro atoms. The van der Waals surface area contributed by atoms with Gasteiger partial charge in [-0.2, -0.15) is 0 Å². The van der Waals surface area contributed by atoms with Crippen molar-refractivity contribution in [2.75, 3.05) is 6.61 Å². The van der Waals surface area contributed by atoms with Crippen LogP contribution in [0.2, 0.25) is 0 Å². The van der Waals surface area contributed by atoms with E-state index in [1.165, 1.54) is 0 Å². The third-order valence-electron chi connectivity index (χ3n) is 1.19. The van der Waals surface area contributed by atoms with Crippen LogP contribution >= 0.6 is 0 Å². The van der Waals surface area contributed by atoms with Crippen molar-refractivity contribution in [2.24, 2.45) is 5.41 Å². The van der Waals surface area contributed by atoms with Crippen LogP contribution in [0.3, 0.4) is 0 Å². The smallest absolute Gasteiger partial charge is 0.0465 e. The molecule has 1 N–H and O–H groups in total. The van der Waals surface area contributed by atoms with Gasteiger partial charge in [-0.1, -0.05) is 32.9 Å². The molecule has 0 amide bonds. The molecule has 0 aliphatic heterocycles. The zero-order valence-corrected chi connectivity index (χ0v) is 7.22. The van der Waals surface area contributed by atoms with Gasteiger partial charge in [-0.3, -0.25) is 0 Å². The Labute approximate surface area is 63.8 Å². The minimum absolute atomic E-state index is 0.265. The van der Waals surface area contributed by atoms with Gasteiger partial charge in [-0.15, -0.1) is 0 Å². The minimum Gasteiger partial charge on any atom is -0.396 e. The summed E-state index contributed by atoms with van der Waals surface area (Å²) in [5, 5.41) is 8.44. The molecule has 0 saturated carbocycles. The molecular formula is C9H18O. The molecule has 0 aliphatic carbocycles. The zero-order chi connectivity index (χ0) is 8.04. The van der Waals surface area contributed by atoms with Crippen LogP contribution in [0.4, 0.5) is 0 Å². The summed E-state index contributed by atoms with van der Waals surface area (Å²) in [6.07, 6.45) is 6.05. The van der Waals surface area contributed by atoms with Gasteiger partial charge in [0.05, 0.1) is 0 Å². The first kappa shape index (κ1) is 9.70. The third-order valence-corrected chi connectivity index (χ3v) is 1.19. The highest BCUT2D eigenvalue weighted by molar-refractivity contribution is 4.85. The fourth-order valence-corrected chi connectivity index (χ4v) is 0.629. The molecule has 0 aromatic carbocycles. The van der Waals surface area contributed by atoms with E-state index in [2.05, 4.69) is 26.8 Å². The average Bonchev–Trinajstić information content (AvgIpc) is 1.78. The quantitative estimate of drug-likeness (QED) is 0.600. The van der Waals surface area contributed by atoms with E-state index in [4.69, 9.17) is 5.11 Å². The molecule has 0 bridgehead atoms. The van der Waals surface area contributed by atoms with Gasteiger partial charge in [-0.25, -0.2) is 0 Å². The second-order valence-electron chi connectivity index (χ2n) is 3.75. The molecule has 0 aliphatic rings. The number of rotatable bonds is 3. The SMILES string of the molecule is CC(C)(C)C/C=C\CCO. The molecule has 10 heavy (non-hydrogen) atoms. The van der Waals surface area contributed by atoms with Crippen molar-refractivity contribution in [3.63, 3.8) is 0 Å². The Bertz CT molecular complexity index is 97.8. The highest BCUT2D eigenvalue weighted by Crippen LogP contribution is 2.18. The Morgan fingerprint density at radius 3 is 2.20 bits per heavy atom. The summed E-state index contributed by atoms with van der Waals surface area (Å²) >= 11 is 0. The molecule has 0 unspecified atom stereocenters. The first-order valence-corrected chi connectivity index (χ1v) is 3.82. The fourth-order valence-electron chi connectivity index (χ4n) is 0.629. The van der Waals surface area contributed by atoms with Crippen molar-refractivity contribution < 1.29 is 5.11 Å². The summed E-state index contributed by atoms with van der Waals surface area (Å²) in [7, 11) is 0. The first-order valence-electron chi connectivity index (χ1n) is 3.82. The van der Waals surface area contributed by atoms with E-state index in [9.17, 15) is 0 Å². The van der Waals surface area contributed by atoms with E-state index in [1.807, 2.05) is 6.08 Å². The number of hydrogen-bond donors (Lipinski definition) is 1. The largest absolute Gasteiger partial charge is 0.396 e. The summed E-state index contributed by atoms with van der Waals surface area (Å²) in [6, 6.07) is 0. The molecule has 0 aromatic rings. The average molecular weight is 142 g/mol. The van der Waals surface area contributed by atoms with Gasteiger partial charge in [0.25, 0.3) is 0 Å². The predicted octanol–water partition coefficient (Wildman–Crippen LogP) is 2.36. The summed E-state index contributed by atoms with van der Waals surface area (Å²) in [5.41, 5.74) is 0.381. The number of allylic oxidation sites excluding steroid dienone is 1. The summed E-state index contributed by atoms with van der Waals surface area (Å²) < 4.78 is 0. The van der Waals surface area contributed by atoms with Gasteiger partial charge in [-0.05, 0) is 18.3 Å². The second kappa shape index (κ2) is 4.51. The molecule has 0 atom stereocenters. The Morgan fingerprint density at radius 1 is 1.20 bits per heavy atom. The van der Waals surface area contributed by atoms with Gasteiger partial charge >= 0.3 is 0 Å². The van der Waals surface area contributed by atoms with E-state index < -0.39 is 0 Å². The highest BCUT2D eigenvalue weighted by Gasteiger charge is 2.05. The van der Waals surface area contributed by atoms with Gasteiger partial charge in [0.15, 0.2) is 0 Å². The summed E-state index contributed by atoms with van der Waals surface area (Å²) in [4.78, 5) is 0. The monoisotopic (exact) mass is 142 g/mol. The summed E-state index contributed by atoms with van der Waals surface area (Å²) in [6.45, 7) is 6.88. The number of aliphatic hydroxyl groups is 1. The Morgan fingerprint density at radius 2 is 1.80 bits per heavy atom. The first-order chi connectivity index (χ1) is 4.56. The molecule has 0 heterocycles. The molecule has 0 aromatic heterocycles. The predicted molar refractivity (Wildman–Crippen MR) is 44.9 cm³/mol. The van der Waals surface area contributed by atoms with E-state index in [0.29, 0.717) is 5.41 Å². The van der Waals surface area contributed by atoms with E-state index in [0.717, 1.165) is 12.8 Å². The third kappa shape index (κ3) is 7.70. The molecule has 0 fully saturated rings. The minimum atomic E-state index is 0.265. The van der Waals surface area contributed by atoms with Gasteiger partial charge in [0.1, 0.15) is 0 Å². The Kier molecular flexibility index (Phi) is 4.37. The lowest BCUT2D eigenvalue weighted by molar-refractivity contribution is 0.302. The molecule has 60 valence electrons. The van der Waals surface area contributed by atoms with Crippen molar-refractivity contribution >= 4 is 0 Å². The van der Waals surface area contributed by atoms with E-state index in [1.54, 1.807) is 0 Å². The molecule has 0 saturated heterocycles. The van der Waals surface area contributed by atoms with Crippen LogP contribution in [0, 0.1) is 5.41 Å². The van der Waals surface area contributed by atoms with Gasteiger partial charge in [0, 0.05) is 6.61 Å². The van der Waals surface area contributed by atoms with Crippen LogP contribution in [0.1, 0.15) is 33.6 Å². The molecule has 1 heteroatoms. The maximum Gasteiger partial charge on any atom is 0.0465 e. The second-order valence-corrected chi connectivity index (χ2v) is 3.75. The Hall–Kier alpha value is -0.300. The van der Waals surface area contributed by atoms with E-state index >= 15 is 0 Å². The lowest BCUT2D eigenvalue weighted by Gasteiger charge is -2.14. The topological polar surface area (TPSA) is 20.2 Å². The van der Waals surface area contributed by atoms with Crippen molar-refractivity contribution in [3.05, 3.63) is 12.2 Å². The fraction of sp³-hybridized carbons (Fsp3) is 0.778. The Balaban J connectivity index is 3.34. The lowest BCUT2D eigenvalue weighted by Crippen LogP contribution is -2.01. The van der Waals surface area contributed by atoms with Crippen molar-refractivity contribution in [1.82, 2.24) is 0 Å². The van der Waals surface area contributed by atoms with Crippen molar-refractivity contribution in [3.8, 4) is 0 Å². The van der Waals surface area contributed by atoms with Crippen LogP contribution < -0.4 is 0 Å². The van der Waals surface area contributed by atoms with Crippen molar-refractivity contribution in [1.29, 1.82) is 0 Å². The molecule has 0 radical (unpaired) electrons.